The largest absolute Gasteiger partial charge is 0.390 e. The highest BCUT2D eigenvalue weighted by Gasteiger charge is 2.39. The van der Waals surface area contributed by atoms with Gasteiger partial charge in [0.05, 0.1) is 18.1 Å². The molecule has 7 heteroatoms. The molecule has 0 bridgehead atoms. The molecule has 0 aromatic carbocycles. The summed E-state index contributed by atoms with van der Waals surface area (Å²) >= 11 is 3.95. The Kier molecular flexibility index (Phi) is 11.1. The number of thiol groups is 1. The van der Waals surface area contributed by atoms with Crippen LogP contribution in [0.1, 0.15) is 71.6 Å². The van der Waals surface area contributed by atoms with Crippen LogP contribution in [0.5, 0.6) is 0 Å². The molecule has 0 radical (unpaired) electrons. The lowest BCUT2D eigenvalue weighted by molar-refractivity contribution is -0.118. The van der Waals surface area contributed by atoms with Gasteiger partial charge >= 0.3 is 0 Å². The number of amides is 1. The first-order valence-electron chi connectivity index (χ1n) is 9.44. The van der Waals surface area contributed by atoms with Gasteiger partial charge in [-0.1, -0.05) is 69.6 Å². The average Bonchev–Trinajstić information content (AvgIpc) is 2.54. The summed E-state index contributed by atoms with van der Waals surface area (Å²) < 4.78 is 0. The van der Waals surface area contributed by atoms with Gasteiger partial charge in [0.2, 0.25) is 0 Å². The number of nitrogens with zero attached hydrogens (tertiary/aromatic N) is 1. The van der Waals surface area contributed by atoms with Crippen molar-refractivity contribution in [2.45, 2.75) is 77.2 Å². The van der Waals surface area contributed by atoms with Gasteiger partial charge < -0.3 is 10.2 Å². The first kappa shape index (κ1) is 22.8. The molecule has 3 N–H and O–H groups in total. The molecule has 0 aliphatic heterocycles. The Hall–Kier alpha value is -0.240. The van der Waals surface area contributed by atoms with Crippen LogP contribution in [-0.2, 0) is 4.79 Å². The SMILES string of the molecule is CCCC1CCCC(CCC)CC(O)(/C(CO)=N/NC(=O)CSS)C1. The minimum absolute atomic E-state index is 0.181. The van der Waals surface area contributed by atoms with Crippen molar-refractivity contribution < 1.29 is 15.0 Å². The van der Waals surface area contributed by atoms with Crippen molar-refractivity contribution in [1.29, 1.82) is 0 Å². The van der Waals surface area contributed by atoms with Crippen LogP contribution < -0.4 is 5.43 Å². The molecule has 0 aromatic heterocycles. The Bertz CT molecular complexity index is 417. The topological polar surface area (TPSA) is 81.9 Å². The molecule has 5 nitrogen and oxygen atoms in total. The standard InChI is InChI=1S/C18H34N2O3S2/c1-3-6-14-8-5-9-15(7-4-2)11-18(23,10-14)16(12-21)19-20-17(22)13-25-24/h14-15,21,23-24H,3-13H2,1-2H3,(H,20,22)/b19-16+. The Balaban J connectivity index is 2.99. The second-order valence-corrected chi connectivity index (χ2v) is 8.53. The number of hydrazone groups is 1. The van der Waals surface area contributed by atoms with E-state index < -0.39 is 5.60 Å². The molecule has 1 rings (SSSR count). The molecule has 1 amide bonds. The second kappa shape index (κ2) is 12.2. The number of hydrogen-bond acceptors (Lipinski definition) is 6. The molecule has 146 valence electrons. The van der Waals surface area contributed by atoms with E-state index in [0.717, 1.165) is 49.3 Å². The van der Waals surface area contributed by atoms with E-state index in [2.05, 4.69) is 36.0 Å². The lowest BCUT2D eigenvalue weighted by Crippen LogP contribution is -2.46. The molecular weight excluding hydrogens is 356 g/mol. The number of carbonyl (C=O) groups is 1. The number of hydrogen-bond donors (Lipinski definition) is 4. The van der Waals surface area contributed by atoms with E-state index >= 15 is 0 Å². The van der Waals surface area contributed by atoms with Gasteiger partial charge in [0, 0.05) is 0 Å². The van der Waals surface area contributed by atoms with Crippen molar-refractivity contribution in [2.75, 3.05) is 12.4 Å². The van der Waals surface area contributed by atoms with E-state index in [1.165, 1.54) is 6.42 Å². The van der Waals surface area contributed by atoms with Crippen LogP contribution in [0.2, 0.25) is 0 Å². The maximum atomic E-state index is 11.7. The van der Waals surface area contributed by atoms with Gasteiger partial charge in [0.15, 0.2) is 0 Å². The Morgan fingerprint density at radius 2 is 1.80 bits per heavy atom. The first-order chi connectivity index (χ1) is 12.0. The van der Waals surface area contributed by atoms with Gasteiger partial charge in [0.25, 0.3) is 5.91 Å². The number of nitrogens with one attached hydrogen (secondary N) is 1. The summed E-state index contributed by atoms with van der Waals surface area (Å²) in [4.78, 5) is 11.7. The van der Waals surface area contributed by atoms with Gasteiger partial charge in [-0.15, -0.1) is 11.7 Å². The third-order valence-electron chi connectivity index (χ3n) is 5.07. The van der Waals surface area contributed by atoms with Crippen LogP contribution in [0, 0.1) is 11.8 Å². The van der Waals surface area contributed by atoms with Crippen LogP contribution >= 0.6 is 22.5 Å². The van der Waals surface area contributed by atoms with E-state index in [-0.39, 0.29) is 24.0 Å². The quantitative estimate of drug-likeness (QED) is 0.210. The lowest BCUT2D eigenvalue weighted by atomic mass is 9.72. The van der Waals surface area contributed by atoms with Crippen molar-refractivity contribution in [3.8, 4) is 0 Å². The van der Waals surface area contributed by atoms with E-state index in [4.69, 9.17) is 0 Å². The summed E-state index contributed by atoms with van der Waals surface area (Å²) in [6.07, 6.45) is 8.95. The van der Waals surface area contributed by atoms with E-state index in [1.807, 2.05) is 0 Å². The molecule has 1 aliphatic carbocycles. The smallest absolute Gasteiger partial charge is 0.250 e. The van der Waals surface area contributed by atoms with Gasteiger partial charge in [-0.3, -0.25) is 4.79 Å². The van der Waals surface area contributed by atoms with Gasteiger partial charge in [0.1, 0.15) is 5.60 Å². The van der Waals surface area contributed by atoms with Crippen LogP contribution in [0.25, 0.3) is 0 Å². The third kappa shape index (κ3) is 7.89. The fourth-order valence-electron chi connectivity index (χ4n) is 3.99. The zero-order valence-electron chi connectivity index (χ0n) is 15.5. The highest BCUT2D eigenvalue weighted by Crippen LogP contribution is 2.37. The monoisotopic (exact) mass is 390 g/mol. The summed E-state index contributed by atoms with van der Waals surface area (Å²) in [5.74, 6) is 0.757. The zero-order chi connectivity index (χ0) is 18.7. The molecular formula is C18H34N2O3S2. The minimum atomic E-state index is -1.14. The average molecular weight is 391 g/mol. The normalized spacial score (nSPS) is 28.3. The first-order valence-corrected chi connectivity index (χ1v) is 11.5. The van der Waals surface area contributed by atoms with Crippen LogP contribution in [0.3, 0.4) is 0 Å². The van der Waals surface area contributed by atoms with E-state index in [1.54, 1.807) is 0 Å². The minimum Gasteiger partial charge on any atom is -0.390 e. The van der Waals surface area contributed by atoms with Gasteiger partial charge in [-0.05, 0) is 24.7 Å². The maximum Gasteiger partial charge on any atom is 0.250 e. The van der Waals surface area contributed by atoms with Gasteiger partial charge in [-0.2, -0.15) is 5.10 Å². The lowest BCUT2D eigenvalue weighted by Gasteiger charge is -2.38. The predicted molar refractivity (Wildman–Crippen MR) is 109 cm³/mol. The van der Waals surface area contributed by atoms with Crippen molar-refractivity contribution in [1.82, 2.24) is 5.43 Å². The summed E-state index contributed by atoms with van der Waals surface area (Å²) in [7, 11) is 1.11. The Morgan fingerprint density at radius 1 is 1.24 bits per heavy atom. The highest BCUT2D eigenvalue weighted by molar-refractivity contribution is 8.68. The fourth-order valence-corrected chi connectivity index (χ4v) is 4.52. The summed E-state index contributed by atoms with van der Waals surface area (Å²) in [5.41, 5.74) is 1.59. The van der Waals surface area contributed by atoms with Crippen LogP contribution in [0.4, 0.5) is 0 Å². The Labute approximate surface area is 161 Å². The Morgan fingerprint density at radius 3 is 2.24 bits per heavy atom. The second-order valence-electron chi connectivity index (χ2n) is 7.21. The van der Waals surface area contributed by atoms with Crippen molar-refractivity contribution in [3.05, 3.63) is 0 Å². The van der Waals surface area contributed by atoms with Crippen LogP contribution in [0.15, 0.2) is 5.10 Å². The van der Waals surface area contributed by atoms with Crippen molar-refractivity contribution in [2.24, 2.45) is 16.9 Å². The molecule has 1 saturated carbocycles. The van der Waals surface area contributed by atoms with E-state index in [0.29, 0.717) is 24.7 Å². The van der Waals surface area contributed by atoms with Crippen molar-refractivity contribution >= 4 is 34.1 Å². The van der Waals surface area contributed by atoms with Crippen molar-refractivity contribution in [3.63, 3.8) is 0 Å². The highest BCUT2D eigenvalue weighted by atomic mass is 33.1. The third-order valence-corrected chi connectivity index (χ3v) is 5.85. The predicted octanol–water partition coefficient (Wildman–Crippen LogP) is 3.56. The molecule has 25 heavy (non-hydrogen) atoms. The molecule has 0 saturated heterocycles. The molecule has 0 aromatic rings. The molecule has 0 spiro atoms. The number of aliphatic hydroxyl groups excluding tert-OH is 1. The molecule has 1 fully saturated rings. The summed E-state index contributed by atoms with van der Waals surface area (Å²) in [6, 6.07) is 0. The molecule has 2 unspecified atom stereocenters. The molecule has 2 atom stereocenters. The number of rotatable bonds is 9. The summed E-state index contributed by atoms with van der Waals surface area (Å²) in [5, 5.41) is 25.3. The van der Waals surface area contributed by atoms with Crippen LogP contribution in [-0.4, -0.2) is 39.8 Å². The molecule has 1 aliphatic rings. The number of aliphatic hydroxyl groups is 2. The molecule has 0 heterocycles. The summed E-state index contributed by atoms with van der Waals surface area (Å²) in [6.45, 7) is 3.98. The zero-order valence-corrected chi connectivity index (χ0v) is 17.2. The fraction of sp³-hybridized carbons (Fsp3) is 0.889. The van der Waals surface area contributed by atoms with E-state index in [9.17, 15) is 15.0 Å². The van der Waals surface area contributed by atoms with Gasteiger partial charge in [-0.25, -0.2) is 5.43 Å². The number of carbonyl (C=O) groups excluding carboxylic acids is 1. The maximum absolute atomic E-state index is 11.7.